The van der Waals surface area contributed by atoms with Crippen LogP contribution in [0.1, 0.15) is 81.3 Å². The molecule has 0 aromatic heterocycles. The van der Waals surface area contributed by atoms with Crippen molar-refractivity contribution in [3.63, 3.8) is 0 Å². The number of aliphatic imine (C=N–C) groups is 1. The Morgan fingerprint density at radius 2 is 1.87 bits per heavy atom. The molecule has 2 atom stereocenters. The zero-order valence-corrected chi connectivity index (χ0v) is 18.8. The van der Waals surface area contributed by atoms with Crippen molar-refractivity contribution in [1.82, 2.24) is 10.6 Å². The maximum atomic E-state index is 6.10. The molecule has 0 amide bonds. The van der Waals surface area contributed by atoms with Crippen LogP contribution in [-0.2, 0) is 6.42 Å². The molecule has 2 unspecified atom stereocenters. The molecule has 4 heteroatoms. The Morgan fingerprint density at radius 3 is 2.67 bits per heavy atom. The SMILES string of the molecule is CCCCc1ccccc1C(C)NC1=NC(c2ccc(Cl)cc2)NC2=C1CCCC2. The summed E-state index contributed by atoms with van der Waals surface area (Å²) in [7, 11) is 0. The van der Waals surface area contributed by atoms with Crippen molar-refractivity contribution in [2.45, 2.75) is 71.0 Å². The van der Waals surface area contributed by atoms with Gasteiger partial charge in [-0.2, -0.15) is 0 Å². The van der Waals surface area contributed by atoms with E-state index in [9.17, 15) is 0 Å². The first kappa shape index (κ1) is 21.0. The van der Waals surface area contributed by atoms with E-state index >= 15 is 0 Å². The number of aryl methyl sites for hydroxylation is 1. The number of rotatable bonds is 6. The quantitative estimate of drug-likeness (QED) is 0.534. The molecule has 0 bridgehead atoms. The molecule has 2 aromatic rings. The molecule has 158 valence electrons. The van der Waals surface area contributed by atoms with Gasteiger partial charge in [0.1, 0.15) is 12.0 Å². The van der Waals surface area contributed by atoms with Crippen molar-refractivity contribution in [2.75, 3.05) is 0 Å². The zero-order valence-electron chi connectivity index (χ0n) is 18.0. The van der Waals surface area contributed by atoms with Crippen molar-refractivity contribution in [3.8, 4) is 0 Å². The Labute approximate surface area is 185 Å². The standard InChI is InChI=1S/C26H32ClN3/c1-3-4-9-19-10-5-6-11-22(19)18(2)28-26-23-12-7-8-13-24(23)29-25(30-26)20-14-16-21(27)17-15-20/h5-6,10-11,14-18,25,29H,3-4,7-9,12-13H2,1-2H3,(H,28,30). The van der Waals surface area contributed by atoms with Gasteiger partial charge in [-0.05, 0) is 74.3 Å². The minimum Gasteiger partial charge on any atom is -0.363 e. The van der Waals surface area contributed by atoms with Crippen LogP contribution in [0, 0.1) is 0 Å². The zero-order chi connectivity index (χ0) is 20.9. The van der Waals surface area contributed by atoms with E-state index in [1.807, 2.05) is 12.1 Å². The fraction of sp³-hybridized carbons (Fsp3) is 0.423. The predicted molar refractivity (Wildman–Crippen MR) is 127 cm³/mol. The lowest BCUT2D eigenvalue weighted by molar-refractivity contribution is 0.536. The van der Waals surface area contributed by atoms with Gasteiger partial charge in [-0.15, -0.1) is 0 Å². The second kappa shape index (κ2) is 9.70. The first-order valence-corrected chi connectivity index (χ1v) is 11.7. The van der Waals surface area contributed by atoms with E-state index in [1.165, 1.54) is 48.1 Å². The van der Waals surface area contributed by atoms with E-state index < -0.39 is 0 Å². The van der Waals surface area contributed by atoms with Gasteiger partial charge in [-0.25, -0.2) is 4.99 Å². The Hall–Kier alpha value is -2.26. The Kier molecular flexibility index (Phi) is 6.79. The number of allylic oxidation sites excluding steroid dienone is 1. The minimum absolute atomic E-state index is 0.0656. The van der Waals surface area contributed by atoms with Crippen LogP contribution < -0.4 is 10.6 Å². The van der Waals surface area contributed by atoms with Crippen LogP contribution in [0.15, 0.2) is 64.8 Å². The largest absolute Gasteiger partial charge is 0.363 e. The smallest absolute Gasteiger partial charge is 0.146 e. The second-order valence-corrected chi connectivity index (χ2v) is 8.85. The lowest BCUT2D eigenvalue weighted by Crippen LogP contribution is -2.38. The molecule has 0 radical (unpaired) electrons. The summed E-state index contributed by atoms with van der Waals surface area (Å²) in [6.45, 7) is 4.51. The molecule has 3 nitrogen and oxygen atoms in total. The molecule has 0 saturated heterocycles. The Bertz CT molecular complexity index is 930. The molecule has 30 heavy (non-hydrogen) atoms. The minimum atomic E-state index is -0.0656. The maximum Gasteiger partial charge on any atom is 0.146 e. The fourth-order valence-corrected chi connectivity index (χ4v) is 4.62. The number of hydrogen-bond donors (Lipinski definition) is 2. The number of unbranched alkanes of at least 4 members (excludes halogenated alkanes) is 1. The number of benzene rings is 2. The number of amidine groups is 1. The molecule has 2 aromatic carbocycles. The van der Waals surface area contributed by atoms with Crippen LogP contribution in [-0.4, -0.2) is 5.84 Å². The van der Waals surface area contributed by atoms with Crippen LogP contribution in [0.4, 0.5) is 0 Å². The van der Waals surface area contributed by atoms with Gasteiger partial charge in [0.05, 0.1) is 6.04 Å². The highest BCUT2D eigenvalue weighted by molar-refractivity contribution is 6.30. The van der Waals surface area contributed by atoms with Gasteiger partial charge < -0.3 is 10.6 Å². The van der Waals surface area contributed by atoms with Crippen LogP contribution in [0.2, 0.25) is 5.02 Å². The average Bonchev–Trinajstić information content (AvgIpc) is 2.78. The summed E-state index contributed by atoms with van der Waals surface area (Å²) in [4.78, 5) is 5.12. The van der Waals surface area contributed by atoms with Gasteiger partial charge >= 0.3 is 0 Å². The lowest BCUT2D eigenvalue weighted by Gasteiger charge is -2.33. The fourth-order valence-electron chi connectivity index (χ4n) is 4.49. The number of halogens is 1. The summed E-state index contributed by atoms with van der Waals surface area (Å²) in [5.74, 6) is 1.06. The number of nitrogens with one attached hydrogen (secondary N) is 2. The van der Waals surface area contributed by atoms with Gasteiger partial charge in [-0.3, -0.25) is 0 Å². The Balaban J connectivity index is 1.61. The highest BCUT2D eigenvalue weighted by Gasteiger charge is 2.27. The summed E-state index contributed by atoms with van der Waals surface area (Å²) in [5, 5.41) is 8.23. The first-order valence-electron chi connectivity index (χ1n) is 11.3. The molecule has 0 fully saturated rings. The lowest BCUT2D eigenvalue weighted by atomic mass is 9.92. The summed E-state index contributed by atoms with van der Waals surface area (Å²) in [6.07, 6.45) is 8.16. The maximum absolute atomic E-state index is 6.10. The van der Waals surface area contributed by atoms with Gasteiger partial charge in [0, 0.05) is 16.3 Å². The molecule has 2 N–H and O–H groups in total. The molecule has 1 heterocycles. The van der Waals surface area contributed by atoms with Crippen molar-refractivity contribution < 1.29 is 0 Å². The topological polar surface area (TPSA) is 36.4 Å². The van der Waals surface area contributed by atoms with Crippen LogP contribution in [0.5, 0.6) is 0 Å². The highest BCUT2D eigenvalue weighted by atomic mass is 35.5. The van der Waals surface area contributed by atoms with E-state index in [1.54, 1.807) is 0 Å². The van der Waals surface area contributed by atoms with Crippen molar-refractivity contribution in [2.24, 2.45) is 4.99 Å². The first-order chi connectivity index (χ1) is 14.7. The third-order valence-corrected chi connectivity index (χ3v) is 6.44. The van der Waals surface area contributed by atoms with Crippen LogP contribution >= 0.6 is 11.6 Å². The molecule has 1 aliphatic carbocycles. The average molecular weight is 422 g/mol. The van der Waals surface area contributed by atoms with Gasteiger partial charge in [0.25, 0.3) is 0 Å². The molecule has 0 spiro atoms. The highest BCUT2D eigenvalue weighted by Crippen LogP contribution is 2.32. The monoisotopic (exact) mass is 421 g/mol. The summed E-state index contributed by atoms with van der Waals surface area (Å²) >= 11 is 6.10. The Morgan fingerprint density at radius 1 is 1.10 bits per heavy atom. The summed E-state index contributed by atoms with van der Waals surface area (Å²) in [6, 6.07) is 17.1. The third kappa shape index (κ3) is 4.73. The van der Waals surface area contributed by atoms with Crippen molar-refractivity contribution >= 4 is 17.4 Å². The van der Waals surface area contributed by atoms with Crippen molar-refractivity contribution in [3.05, 3.63) is 81.5 Å². The van der Waals surface area contributed by atoms with E-state index in [0.29, 0.717) is 0 Å². The molecular formula is C26H32ClN3. The van der Waals surface area contributed by atoms with Gasteiger partial charge in [0.2, 0.25) is 0 Å². The third-order valence-electron chi connectivity index (χ3n) is 6.18. The normalized spacial score (nSPS) is 19.6. The predicted octanol–water partition coefficient (Wildman–Crippen LogP) is 6.86. The van der Waals surface area contributed by atoms with Crippen LogP contribution in [0.25, 0.3) is 0 Å². The molecular weight excluding hydrogens is 390 g/mol. The van der Waals surface area contributed by atoms with Crippen LogP contribution in [0.3, 0.4) is 0 Å². The molecule has 0 saturated carbocycles. The van der Waals surface area contributed by atoms with E-state index in [0.717, 1.165) is 35.7 Å². The molecule has 2 aliphatic rings. The van der Waals surface area contributed by atoms with E-state index in [-0.39, 0.29) is 12.2 Å². The molecule has 1 aliphatic heterocycles. The number of nitrogens with zero attached hydrogens (tertiary/aromatic N) is 1. The summed E-state index contributed by atoms with van der Waals surface area (Å²) in [5.41, 5.74) is 6.69. The number of hydrogen-bond acceptors (Lipinski definition) is 3. The molecule has 4 rings (SSSR count). The van der Waals surface area contributed by atoms with E-state index in [4.69, 9.17) is 16.6 Å². The van der Waals surface area contributed by atoms with Crippen molar-refractivity contribution in [1.29, 1.82) is 0 Å². The van der Waals surface area contributed by atoms with E-state index in [2.05, 4.69) is 60.9 Å². The summed E-state index contributed by atoms with van der Waals surface area (Å²) < 4.78 is 0. The van der Waals surface area contributed by atoms with Gasteiger partial charge in [0.15, 0.2) is 0 Å². The van der Waals surface area contributed by atoms with Gasteiger partial charge in [-0.1, -0.05) is 61.3 Å². The second-order valence-electron chi connectivity index (χ2n) is 8.41.